The van der Waals surface area contributed by atoms with Crippen LogP contribution < -0.4 is 5.32 Å². The molecule has 2 rings (SSSR count). The third kappa shape index (κ3) is 1.93. The molecule has 0 bridgehead atoms. The molecule has 1 aromatic rings. The van der Waals surface area contributed by atoms with E-state index >= 15 is 0 Å². The highest BCUT2D eigenvalue weighted by Crippen LogP contribution is 2.42. The van der Waals surface area contributed by atoms with Gasteiger partial charge in [-0.2, -0.15) is 5.26 Å². The van der Waals surface area contributed by atoms with Crippen molar-refractivity contribution in [1.82, 2.24) is 0 Å². The summed E-state index contributed by atoms with van der Waals surface area (Å²) in [6, 6.07) is 5.66. The Labute approximate surface area is 102 Å². The number of thioether (sulfide) groups is 1. The van der Waals surface area contributed by atoms with Gasteiger partial charge in [-0.05, 0) is 19.1 Å². The van der Waals surface area contributed by atoms with E-state index in [9.17, 15) is 0 Å². The number of nitrogens with zero attached hydrogens (tertiary/aromatic N) is 1. The van der Waals surface area contributed by atoms with Crippen molar-refractivity contribution in [2.75, 3.05) is 5.32 Å². The van der Waals surface area contributed by atoms with Crippen molar-refractivity contribution in [1.29, 1.82) is 5.26 Å². The molecule has 1 aliphatic heterocycles. The summed E-state index contributed by atoms with van der Waals surface area (Å²) >= 11 is 13.2. The van der Waals surface area contributed by atoms with Gasteiger partial charge in [0.1, 0.15) is 11.0 Å². The number of rotatable bonds is 0. The number of halogens is 2. The first-order chi connectivity index (χ1) is 7.11. The van der Waals surface area contributed by atoms with Gasteiger partial charge in [-0.3, -0.25) is 0 Å². The predicted molar refractivity (Wildman–Crippen MR) is 64.3 cm³/mol. The molecular formula is C10H6Cl2N2S. The summed E-state index contributed by atoms with van der Waals surface area (Å²) in [5.41, 5.74) is 1.74. The average molecular weight is 257 g/mol. The highest BCUT2D eigenvalue weighted by Gasteiger charge is 2.17. The fraction of sp³-hybridized carbons (Fsp3) is 0.100. The summed E-state index contributed by atoms with van der Waals surface area (Å²) in [6.45, 7) is 1.86. The van der Waals surface area contributed by atoms with Crippen LogP contribution in [0.25, 0.3) is 0 Å². The normalized spacial score (nSPS) is 14.3. The van der Waals surface area contributed by atoms with E-state index < -0.39 is 0 Å². The van der Waals surface area contributed by atoms with Crippen LogP contribution in [0, 0.1) is 11.3 Å². The highest BCUT2D eigenvalue weighted by molar-refractivity contribution is 8.03. The minimum atomic E-state index is 0.501. The molecule has 0 spiro atoms. The van der Waals surface area contributed by atoms with Crippen LogP contribution in [-0.2, 0) is 0 Å². The molecule has 1 heterocycles. The van der Waals surface area contributed by atoms with Gasteiger partial charge >= 0.3 is 0 Å². The predicted octanol–water partition coefficient (Wildman–Crippen LogP) is 4.27. The van der Waals surface area contributed by atoms with Gasteiger partial charge in [-0.1, -0.05) is 35.0 Å². The maximum atomic E-state index is 8.88. The highest BCUT2D eigenvalue weighted by atomic mass is 35.5. The van der Waals surface area contributed by atoms with E-state index in [1.54, 1.807) is 12.1 Å². The second kappa shape index (κ2) is 3.97. The van der Waals surface area contributed by atoms with E-state index in [1.165, 1.54) is 11.8 Å². The van der Waals surface area contributed by atoms with Crippen molar-refractivity contribution >= 4 is 40.7 Å². The van der Waals surface area contributed by atoms with Crippen LogP contribution in [0.15, 0.2) is 27.6 Å². The quantitative estimate of drug-likeness (QED) is 0.754. The molecule has 76 valence electrons. The Morgan fingerprint density at radius 2 is 2.00 bits per heavy atom. The summed E-state index contributed by atoms with van der Waals surface area (Å²) in [6.07, 6.45) is 0. The van der Waals surface area contributed by atoms with Crippen LogP contribution in [0.3, 0.4) is 0 Å². The number of allylic oxidation sites excluding steroid dienone is 2. The van der Waals surface area contributed by atoms with Gasteiger partial charge in [-0.15, -0.1) is 0 Å². The minimum Gasteiger partial charge on any atom is -0.357 e. The number of nitrogens with one attached hydrogen (secondary N) is 1. The van der Waals surface area contributed by atoms with Crippen LogP contribution in [0.1, 0.15) is 6.92 Å². The zero-order valence-corrected chi connectivity index (χ0v) is 10.1. The van der Waals surface area contributed by atoms with E-state index in [4.69, 9.17) is 28.5 Å². The topological polar surface area (TPSA) is 35.8 Å². The molecule has 0 radical (unpaired) electrons. The van der Waals surface area contributed by atoms with Gasteiger partial charge in [0.2, 0.25) is 0 Å². The Morgan fingerprint density at radius 1 is 1.33 bits per heavy atom. The SMILES string of the molecule is CC1=C(C#N)Sc2cc(Cl)c(Cl)cc2N1. The smallest absolute Gasteiger partial charge is 0.109 e. The van der Waals surface area contributed by atoms with Crippen molar-refractivity contribution in [3.63, 3.8) is 0 Å². The van der Waals surface area contributed by atoms with E-state index in [0.717, 1.165) is 16.3 Å². The lowest BCUT2D eigenvalue weighted by Crippen LogP contribution is -2.04. The molecule has 15 heavy (non-hydrogen) atoms. The Bertz CT molecular complexity index is 503. The largest absolute Gasteiger partial charge is 0.357 e. The summed E-state index contributed by atoms with van der Waals surface area (Å²) in [7, 11) is 0. The number of hydrogen-bond acceptors (Lipinski definition) is 3. The van der Waals surface area contributed by atoms with Crippen LogP contribution in [0.4, 0.5) is 5.69 Å². The third-order valence-electron chi connectivity index (χ3n) is 2.00. The van der Waals surface area contributed by atoms with E-state index in [0.29, 0.717) is 15.0 Å². The van der Waals surface area contributed by atoms with Crippen LogP contribution in [0.5, 0.6) is 0 Å². The molecule has 0 fully saturated rings. The van der Waals surface area contributed by atoms with E-state index in [1.807, 2.05) is 6.92 Å². The average Bonchev–Trinajstić information content (AvgIpc) is 2.20. The zero-order chi connectivity index (χ0) is 11.0. The van der Waals surface area contributed by atoms with Gasteiger partial charge in [0.15, 0.2) is 0 Å². The molecule has 5 heteroatoms. The number of benzene rings is 1. The van der Waals surface area contributed by atoms with E-state index in [2.05, 4.69) is 11.4 Å². The standard InChI is InChI=1S/C10H6Cl2N2S/c1-5-10(4-13)15-9-3-7(12)6(11)2-8(9)14-5/h2-3,14H,1H3. The first kappa shape index (κ1) is 10.7. The van der Waals surface area contributed by atoms with Crippen molar-refractivity contribution in [3.8, 4) is 6.07 Å². The van der Waals surface area contributed by atoms with Gasteiger partial charge < -0.3 is 5.32 Å². The lowest BCUT2D eigenvalue weighted by Gasteiger charge is -2.19. The Kier molecular flexibility index (Phi) is 2.83. The van der Waals surface area contributed by atoms with Crippen molar-refractivity contribution in [3.05, 3.63) is 32.8 Å². The van der Waals surface area contributed by atoms with Gasteiger partial charge in [0.25, 0.3) is 0 Å². The Hall–Kier alpha value is -0.820. The molecule has 0 aromatic heterocycles. The lowest BCUT2D eigenvalue weighted by molar-refractivity contribution is 1.29. The van der Waals surface area contributed by atoms with Gasteiger partial charge in [0, 0.05) is 10.6 Å². The molecule has 0 aliphatic carbocycles. The lowest BCUT2D eigenvalue weighted by atomic mass is 10.3. The first-order valence-electron chi connectivity index (χ1n) is 4.16. The second-order valence-electron chi connectivity index (χ2n) is 3.06. The zero-order valence-electron chi connectivity index (χ0n) is 7.77. The molecule has 1 aromatic carbocycles. The number of nitriles is 1. The molecule has 1 N–H and O–H groups in total. The molecule has 0 saturated heterocycles. The van der Waals surface area contributed by atoms with Gasteiger partial charge in [-0.25, -0.2) is 0 Å². The summed E-state index contributed by atoms with van der Waals surface area (Å²) in [4.78, 5) is 1.58. The second-order valence-corrected chi connectivity index (χ2v) is 4.92. The van der Waals surface area contributed by atoms with Crippen LogP contribution in [0.2, 0.25) is 10.0 Å². The molecule has 0 unspecified atom stereocenters. The molecule has 2 nitrogen and oxygen atoms in total. The van der Waals surface area contributed by atoms with Crippen molar-refractivity contribution < 1.29 is 0 Å². The number of anilines is 1. The summed E-state index contributed by atoms with van der Waals surface area (Å²) in [5.74, 6) is 0. The molecular weight excluding hydrogens is 251 g/mol. The minimum absolute atomic E-state index is 0.501. The van der Waals surface area contributed by atoms with Crippen molar-refractivity contribution in [2.24, 2.45) is 0 Å². The van der Waals surface area contributed by atoms with E-state index in [-0.39, 0.29) is 0 Å². The third-order valence-corrected chi connectivity index (χ3v) is 3.88. The first-order valence-corrected chi connectivity index (χ1v) is 5.74. The number of fused-ring (bicyclic) bond motifs is 1. The Morgan fingerprint density at radius 3 is 2.67 bits per heavy atom. The maximum absolute atomic E-state index is 8.88. The number of hydrogen-bond donors (Lipinski definition) is 1. The summed E-state index contributed by atoms with van der Waals surface area (Å²) < 4.78 is 0. The summed E-state index contributed by atoms with van der Waals surface area (Å²) in [5, 5.41) is 13.0. The molecule has 0 atom stereocenters. The van der Waals surface area contributed by atoms with Gasteiger partial charge in [0.05, 0.1) is 15.7 Å². The molecule has 1 aliphatic rings. The van der Waals surface area contributed by atoms with Crippen LogP contribution in [-0.4, -0.2) is 0 Å². The fourth-order valence-corrected chi connectivity index (χ4v) is 2.52. The maximum Gasteiger partial charge on any atom is 0.109 e. The van der Waals surface area contributed by atoms with Crippen molar-refractivity contribution in [2.45, 2.75) is 11.8 Å². The molecule has 0 saturated carbocycles. The molecule has 0 amide bonds. The van der Waals surface area contributed by atoms with Crippen LogP contribution >= 0.6 is 35.0 Å². The Balaban J connectivity index is 2.50. The fourth-order valence-electron chi connectivity index (χ4n) is 1.26. The monoisotopic (exact) mass is 256 g/mol.